The Labute approximate surface area is 80.2 Å². The highest BCUT2D eigenvalue weighted by Crippen LogP contribution is 2.42. The molecule has 0 aliphatic heterocycles. The second-order valence-corrected chi connectivity index (χ2v) is 4.36. The summed E-state index contributed by atoms with van der Waals surface area (Å²) >= 11 is 0. The van der Waals surface area contributed by atoms with Crippen molar-refractivity contribution in [2.45, 2.75) is 45.4 Å². The molecule has 0 aromatic heterocycles. The first-order valence-corrected chi connectivity index (χ1v) is 5.56. The molecule has 2 saturated carbocycles. The Morgan fingerprint density at radius 1 is 1.38 bits per heavy atom. The summed E-state index contributed by atoms with van der Waals surface area (Å²) in [6.45, 7) is 2.11. The van der Waals surface area contributed by atoms with E-state index in [0.717, 1.165) is 24.8 Å². The Bertz CT molecular complexity index is 240. The number of ketones is 1. The molecule has 1 heteroatoms. The fourth-order valence-corrected chi connectivity index (χ4v) is 2.85. The number of hydrogen-bond acceptors (Lipinski definition) is 1. The molecule has 0 saturated heterocycles. The smallest absolute Gasteiger partial charge is 0.161 e. The van der Waals surface area contributed by atoms with Crippen LogP contribution in [-0.2, 0) is 4.79 Å². The second kappa shape index (κ2) is 3.65. The Balaban J connectivity index is 2.14. The van der Waals surface area contributed by atoms with Gasteiger partial charge < -0.3 is 0 Å². The molecule has 2 atom stereocenters. The average Bonchev–Trinajstić information content (AvgIpc) is 2.46. The minimum atomic E-state index is 0.409. The van der Waals surface area contributed by atoms with E-state index in [4.69, 9.17) is 0 Å². The maximum atomic E-state index is 11.9. The SMILES string of the molecule is CC/C=C1\C[C@@H]2CCCC[C@@H]2C1=O. The Morgan fingerprint density at radius 2 is 2.15 bits per heavy atom. The lowest BCUT2D eigenvalue weighted by Gasteiger charge is -2.22. The summed E-state index contributed by atoms with van der Waals surface area (Å²) in [7, 11) is 0. The van der Waals surface area contributed by atoms with Crippen molar-refractivity contribution >= 4 is 5.78 Å². The van der Waals surface area contributed by atoms with Crippen LogP contribution in [0.3, 0.4) is 0 Å². The first kappa shape index (κ1) is 8.98. The molecule has 1 nitrogen and oxygen atoms in total. The van der Waals surface area contributed by atoms with Crippen molar-refractivity contribution in [2.75, 3.05) is 0 Å². The number of allylic oxidation sites excluding steroid dienone is 2. The van der Waals surface area contributed by atoms with E-state index in [-0.39, 0.29) is 0 Å². The van der Waals surface area contributed by atoms with Crippen LogP contribution in [0.1, 0.15) is 45.4 Å². The van der Waals surface area contributed by atoms with E-state index >= 15 is 0 Å². The van der Waals surface area contributed by atoms with Gasteiger partial charge in [0.15, 0.2) is 5.78 Å². The van der Waals surface area contributed by atoms with Gasteiger partial charge in [-0.15, -0.1) is 0 Å². The number of carbonyl (C=O) groups is 1. The van der Waals surface area contributed by atoms with Crippen molar-refractivity contribution in [3.05, 3.63) is 11.6 Å². The molecule has 13 heavy (non-hydrogen) atoms. The predicted molar refractivity (Wildman–Crippen MR) is 53.4 cm³/mol. The molecule has 0 amide bonds. The summed E-state index contributed by atoms with van der Waals surface area (Å²) in [4.78, 5) is 11.9. The van der Waals surface area contributed by atoms with Crippen molar-refractivity contribution in [1.82, 2.24) is 0 Å². The fourth-order valence-electron chi connectivity index (χ4n) is 2.85. The zero-order valence-electron chi connectivity index (χ0n) is 8.38. The molecule has 0 spiro atoms. The number of fused-ring (bicyclic) bond motifs is 1. The molecule has 2 aliphatic carbocycles. The molecule has 2 rings (SSSR count). The zero-order chi connectivity index (χ0) is 9.26. The van der Waals surface area contributed by atoms with Crippen LogP contribution in [0.4, 0.5) is 0 Å². The minimum absolute atomic E-state index is 0.409. The van der Waals surface area contributed by atoms with Gasteiger partial charge in [0.25, 0.3) is 0 Å². The first-order valence-electron chi connectivity index (χ1n) is 5.56. The maximum absolute atomic E-state index is 11.9. The van der Waals surface area contributed by atoms with Crippen molar-refractivity contribution < 1.29 is 4.79 Å². The van der Waals surface area contributed by atoms with Crippen LogP contribution in [0.2, 0.25) is 0 Å². The molecule has 0 aromatic carbocycles. The topological polar surface area (TPSA) is 17.1 Å². The van der Waals surface area contributed by atoms with E-state index in [1.54, 1.807) is 0 Å². The highest BCUT2D eigenvalue weighted by atomic mass is 16.1. The van der Waals surface area contributed by atoms with Crippen LogP contribution in [0.15, 0.2) is 11.6 Å². The van der Waals surface area contributed by atoms with Gasteiger partial charge in [0.05, 0.1) is 0 Å². The monoisotopic (exact) mass is 178 g/mol. The molecule has 0 aromatic rings. The number of carbonyl (C=O) groups excluding carboxylic acids is 1. The third-order valence-electron chi connectivity index (χ3n) is 3.49. The van der Waals surface area contributed by atoms with Crippen LogP contribution in [-0.4, -0.2) is 5.78 Å². The van der Waals surface area contributed by atoms with E-state index in [9.17, 15) is 4.79 Å². The van der Waals surface area contributed by atoms with Crippen LogP contribution in [0, 0.1) is 11.8 Å². The summed E-state index contributed by atoms with van der Waals surface area (Å²) in [5.41, 5.74) is 1.14. The maximum Gasteiger partial charge on any atom is 0.161 e. The van der Waals surface area contributed by atoms with Crippen LogP contribution in [0.5, 0.6) is 0 Å². The molecule has 0 heterocycles. The van der Waals surface area contributed by atoms with Gasteiger partial charge in [0.1, 0.15) is 0 Å². The standard InChI is InChI=1S/C12H18O/c1-2-5-10-8-9-6-3-4-7-11(9)12(10)13/h5,9,11H,2-4,6-8H2,1H3/b10-5+/t9-,11-/m0/s1. The van der Waals surface area contributed by atoms with Crippen LogP contribution in [0.25, 0.3) is 0 Å². The molecule has 0 N–H and O–H groups in total. The first-order chi connectivity index (χ1) is 6.33. The van der Waals surface area contributed by atoms with E-state index in [1.165, 1.54) is 19.3 Å². The highest BCUT2D eigenvalue weighted by molar-refractivity contribution is 5.99. The van der Waals surface area contributed by atoms with Gasteiger partial charge in [-0.2, -0.15) is 0 Å². The van der Waals surface area contributed by atoms with Crippen molar-refractivity contribution in [1.29, 1.82) is 0 Å². The lowest BCUT2D eigenvalue weighted by Crippen LogP contribution is -2.18. The average molecular weight is 178 g/mol. The van der Waals surface area contributed by atoms with E-state index in [0.29, 0.717) is 17.6 Å². The zero-order valence-corrected chi connectivity index (χ0v) is 8.38. The summed E-state index contributed by atoms with van der Waals surface area (Å²) in [5, 5.41) is 0. The van der Waals surface area contributed by atoms with E-state index < -0.39 is 0 Å². The third-order valence-corrected chi connectivity index (χ3v) is 3.49. The normalized spacial score (nSPS) is 36.7. The van der Waals surface area contributed by atoms with Gasteiger partial charge in [-0.25, -0.2) is 0 Å². The van der Waals surface area contributed by atoms with Crippen molar-refractivity contribution in [3.63, 3.8) is 0 Å². The van der Waals surface area contributed by atoms with Crippen LogP contribution < -0.4 is 0 Å². The van der Waals surface area contributed by atoms with Gasteiger partial charge in [0, 0.05) is 5.92 Å². The predicted octanol–water partition coefficient (Wildman–Crippen LogP) is 3.10. The Morgan fingerprint density at radius 3 is 2.85 bits per heavy atom. The molecule has 2 fully saturated rings. The lowest BCUT2D eigenvalue weighted by molar-refractivity contribution is -0.119. The molecule has 0 radical (unpaired) electrons. The Kier molecular flexibility index (Phi) is 2.52. The lowest BCUT2D eigenvalue weighted by atomic mass is 9.81. The Hall–Kier alpha value is -0.590. The molecule has 72 valence electrons. The van der Waals surface area contributed by atoms with Crippen molar-refractivity contribution in [3.8, 4) is 0 Å². The molecular formula is C12H18O. The van der Waals surface area contributed by atoms with Gasteiger partial charge in [-0.3, -0.25) is 4.79 Å². The van der Waals surface area contributed by atoms with E-state index in [2.05, 4.69) is 13.0 Å². The number of Topliss-reactive ketones (excluding diaryl/α,β-unsaturated/α-hetero) is 1. The van der Waals surface area contributed by atoms with E-state index in [1.807, 2.05) is 0 Å². The number of hydrogen-bond donors (Lipinski definition) is 0. The third kappa shape index (κ3) is 1.56. The summed E-state index contributed by atoms with van der Waals surface area (Å²) < 4.78 is 0. The van der Waals surface area contributed by atoms with Gasteiger partial charge >= 0.3 is 0 Å². The van der Waals surface area contributed by atoms with Crippen molar-refractivity contribution in [2.24, 2.45) is 11.8 Å². The summed E-state index contributed by atoms with van der Waals surface area (Å²) in [6.07, 6.45) is 9.29. The van der Waals surface area contributed by atoms with Crippen LogP contribution >= 0.6 is 0 Å². The van der Waals surface area contributed by atoms with Gasteiger partial charge in [0.2, 0.25) is 0 Å². The number of rotatable bonds is 1. The molecule has 2 aliphatic rings. The van der Waals surface area contributed by atoms with Gasteiger partial charge in [-0.05, 0) is 37.2 Å². The molecular weight excluding hydrogens is 160 g/mol. The fraction of sp³-hybridized carbons (Fsp3) is 0.750. The molecule has 0 unspecified atom stereocenters. The summed E-state index contributed by atoms with van der Waals surface area (Å²) in [6, 6.07) is 0. The largest absolute Gasteiger partial charge is 0.294 e. The molecule has 0 bridgehead atoms. The summed E-state index contributed by atoms with van der Waals surface area (Å²) in [5.74, 6) is 1.59. The highest BCUT2D eigenvalue weighted by Gasteiger charge is 2.38. The minimum Gasteiger partial charge on any atom is -0.294 e. The second-order valence-electron chi connectivity index (χ2n) is 4.36. The quantitative estimate of drug-likeness (QED) is 0.564. The van der Waals surface area contributed by atoms with Gasteiger partial charge in [-0.1, -0.05) is 25.8 Å².